The van der Waals surface area contributed by atoms with Crippen LogP contribution >= 0.6 is 0 Å². The first-order chi connectivity index (χ1) is 10.7. The Labute approximate surface area is 130 Å². The van der Waals surface area contributed by atoms with Gasteiger partial charge in [-0.15, -0.1) is 0 Å². The van der Waals surface area contributed by atoms with Crippen LogP contribution in [0.1, 0.15) is 38.2 Å². The fraction of sp³-hybridized carbons (Fsp3) is 0.529. The summed E-state index contributed by atoms with van der Waals surface area (Å²) in [6.07, 6.45) is 8.13. The Morgan fingerprint density at radius 3 is 2.64 bits per heavy atom. The van der Waals surface area contributed by atoms with Gasteiger partial charge in [-0.25, -0.2) is 9.37 Å². The molecule has 1 atom stereocenters. The predicted molar refractivity (Wildman–Crippen MR) is 84.0 cm³/mol. The molecule has 1 aliphatic rings. The van der Waals surface area contributed by atoms with E-state index in [1.54, 1.807) is 24.8 Å². The first-order valence-electron chi connectivity index (χ1n) is 8.00. The van der Waals surface area contributed by atoms with Crippen LogP contribution in [0.5, 0.6) is 0 Å². The Hall–Kier alpha value is -1.75. The molecular weight excluding hydrogens is 279 g/mol. The van der Waals surface area contributed by atoms with E-state index < -0.39 is 0 Å². The molecule has 0 saturated heterocycles. The molecule has 5 heteroatoms. The third-order valence-corrected chi connectivity index (χ3v) is 4.73. The molecule has 118 valence electrons. The lowest BCUT2D eigenvalue weighted by Gasteiger charge is -2.31. The van der Waals surface area contributed by atoms with Gasteiger partial charge in [0.2, 0.25) is 0 Å². The van der Waals surface area contributed by atoms with E-state index in [1.165, 1.54) is 31.2 Å². The number of aromatic nitrogens is 3. The summed E-state index contributed by atoms with van der Waals surface area (Å²) < 4.78 is 15.0. The molecule has 1 heterocycles. The number of nitrogens with one attached hydrogen (secondary N) is 1. The standard InChI is InChI=1S/C17H23FN4/c1-14(10-22-13-19-12-21-22)20-11-17(8-2-3-9-17)15-4-6-16(18)7-5-15/h4-7,12-14,20H,2-3,8-11H2,1H3/t14-/m1/s1. The number of benzene rings is 1. The molecule has 1 N–H and O–H groups in total. The first-order valence-corrected chi connectivity index (χ1v) is 8.00. The molecule has 0 unspecified atom stereocenters. The zero-order valence-corrected chi connectivity index (χ0v) is 13.0. The number of hydrogen-bond acceptors (Lipinski definition) is 3. The summed E-state index contributed by atoms with van der Waals surface area (Å²) in [5.41, 5.74) is 1.40. The van der Waals surface area contributed by atoms with Crippen molar-refractivity contribution in [3.8, 4) is 0 Å². The quantitative estimate of drug-likeness (QED) is 0.892. The van der Waals surface area contributed by atoms with Gasteiger partial charge in [0, 0.05) is 18.0 Å². The van der Waals surface area contributed by atoms with Gasteiger partial charge in [0.05, 0.1) is 6.54 Å². The number of halogens is 1. The second kappa shape index (κ2) is 6.57. The highest BCUT2D eigenvalue weighted by molar-refractivity contribution is 5.27. The predicted octanol–water partition coefficient (Wildman–Crippen LogP) is 2.91. The average molecular weight is 302 g/mol. The number of rotatable bonds is 6. The topological polar surface area (TPSA) is 42.7 Å². The van der Waals surface area contributed by atoms with Crippen molar-refractivity contribution < 1.29 is 4.39 Å². The van der Waals surface area contributed by atoms with E-state index >= 15 is 0 Å². The Balaban J connectivity index is 1.65. The molecule has 2 aromatic rings. The van der Waals surface area contributed by atoms with Gasteiger partial charge in [0.1, 0.15) is 18.5 Å². The van der Waals surface area contributed by atoms with Crippen LogP contribution in [0.4, 0.5) is 4.39 Å². The molecule has 22 heavy (non-hydrogen) atoms. The maximum Gasteiger partial charge on any atom is 0.137 e. The minimum atomic E-state index is -0.163. The molecule has 0 radical (unpaired) electrons. The van der Waals surface area contributed by atoms with E-state index in [2.05, 4.69) is 22.3 Å². The molecule has 3 rings (SSSR count). The van der Waals surface area contributed by atoms with E-state index in [1.807, 2.05) is 16.8 Å². The minimum absolute atomic E-state index is 0.143. The van der Waals surface area contributed by atoms with Crippen LogP contribution in [0.25, 0.3) is 0 Å². The zero-order valence-electron chi connectivity index (χ0n) is 13.0. The summed E-state index contributed by atoms with van der Waals surface area (Å²) in [5.74, 6) is -0.163. The third kappa shape index (κ3) is 3.35. The second-order valence-electron chi connectivity index (χ2n) is 6.39. The highest BCUT2D eigenvalue weighted by atomic mass is 19.1. The normalized spacial score (nSPS) is 18.5. The molecule has 4 nitrogen and oxygen atoms in total. The summed E-state index contributed by atoms with van der Waals surface area (Å²) in [7, 11) is 0. The fourth-order valence-corrected chi connectivity index (χ4v) is 3.46. The lowest BCUT2D eigenvalue weighted by molar-refractivity contribution is 0.357. The summed E-state index contributed by atoms with van der Waals surface area (Å²) in [6.45, 7) is 3.89. The lowest BCUT2D eigenvalue weighted by Crippen LogP contribution is -2.41. The molecule has 1 aromatic carbocycles. The van der Waals surface area contributed by atoms with Gasteiger partial charge in [0.15, 0.2) is 0 Å². The van der Waals surface area contributed by atoms with E-state index in [0.29, 0.717) is 6.04 Å². The third-order valence-electron chi connectivity index (χ3n) is 4.73. The summed E-state index contributed by atoms with van der Waals surface area (Å²) in [4.78, 5) is 3.97. The Morgan fingerprint density at radius 1 is 1.27 bits per heavy atom. The number of nitrogens with zero attached hydrogens (tertiary/aromatic N) is 3. The van der Waals surface area contributed by atoms with Gasteiger partial charge < -0.3 is 5.32 Å². The molecule has 1 saturated carbocycles. The van der Waals surface area contributed by atoms with Crippen LogP contribution in [-0.4, -0.2) is 27.4 Å². The first kappa shape index (κ1) is 15.2. The van der Waals surface area contributed by atoms with Crippen LogP contribution in [0.15, 0.2) is 36.9 Å². The second-order valence-corrected chi connectivity index (χ2v) is 6.39. The van der Waals surface area contributed by atoms with Crippen molar-refractivity contribution in [2.45, 2.75) is 50.6 Å². The van der Waals surface area contributed by atoms with Crippen molar-refractivity contribution in [1.82, 2.24) is 20.1 Å². The van der Waals surface area contributed by atoms with Crippen LogP contribution < -0.4 is 5.32 Å². The molecule has 0 amide bonds. The van der Waals surface area contributed by atoms with Crippen LogP contribution in [0.2, 0.25) is 0 Å². The van der Waals surface area contributed by atoms with Gasteiger partial charge in [-0.2, -0.15) is 5.10 Å². The molecule has 0 spiro atoms. The molecule has 0 aliphatic heterocycles. The van der Waals surface area contributed by atoms with Crippen LogP contribution in [0, 0.1) is 5.82 Å². The molecular formula is C17H23FN4. The van der Waals surface area contributed by atoms with Crippen molar-refractivity contribution in [2.24, 2.45) is 0 Å². The molecule has 1 aromatic heterocycles. The van der Waals surface area contributed by atoms with E-state index in [0.717, 1.165) is 13.1 Å². The average Bonchev–Trinajstić information content (AvgIpc) is 3.18. The Kier molecular flexibility index (Phi) is 4.52. The zero-order chi connectivity index (χ0) is 15.4. The van der Waals surface area contributed by atoms with Crippen molar-refractivity contribution >= 4 is 0 Å². The molecule has 1 aliphatic carbocycles. The van der Waals surface area contributed by atoms with Gasteiger partial charge in [0.25, 0.3) is 0 Å². The van der Waals surface area contributed by atoms with Gasteiger partial charge in [-0.1, -0.05) is 25.0 Å². The molecule has 1 fully saturated rings. The van der Waals surface area contributed by atoms with E-state index in [4.69, 9.17) is 0 Å². The van der Waals surface area contributed by atoms with Crippen molar-refractivity contribution in [2.75, 3.05) is 6.54 Å². The highest BCUT2D eigenvalue weighted by Gasteiger charge is 2.35. The van der Waals surface area contributed by atoms with E-state index in [-0.39, 0.29) is 11.2 Å². The van der Waals surface area contributed by atoms with Crippen LogP contribution in [-0.2, 0) is 12.0 Å². The smallest absolute Gasteiger partial charge is 0.137 e. The van der Waals surface area contributed by atoms with Crippen LogP contribution in [0.3, 0.4) is 0 Å². The Bertz CT molecular complexity index is 573. The monoisotopic (exact) mass is 302 g/mol. The maximum atomic E-state index is 13.2. The SMILES string of the molecule is C[C@H](Cn1cncn1)NCC1(c2ccc(F)cc2)CCCC1. The molecule has 0 bridgehead atoms. The van der Waals surface area contributed by atoms with Crippen molar-refractivity contribution in [3.05, 3.63) is 48.3 Å². The summed E-state index contributed by atoms with van der Waals surface area (Å²) >= 11 is 0. The maximum absolute atomic E-state index is 13.2. The van der Waals surface area contributed by atoms with Crippen molar-refractivity contribution in [3.63, 3.8) is 0 Å². The van der Waals surface area contributed by atoms with Crippen molar-refractivity contribution in [1.29, 1.82) is 0 Å². The minimum Gasteiger partial charge on any atom is -0.312 e. The Morgan fingerprint density at radius 2 is 2.00 bits per heavy atom. The fourth-order valence-electron chi connectivity index (χ4n) is 3.46. The summed E-state index contributed by atoms with van der Waals surface area (Å²) in [6, 6.07) is 7.37. The van der Waals surface area contributed by atoms with Gasteiger partial charge >= 0.3 is 0 Å². The number of hydrogen-bond donors (Lipinski definition) is 1. The van der Waals surface area contributed by atoms with E-state index in [9.17, 15) is 4.39 Å². The highest BCUT2D eigenvalue weighted by Crippen LogP contribution is 2.40. The lowest BCUT2D eigenvalue weighted by atomic mass is 9.78. The largest absolute Gasteiger partial charge is 0.312 e. The summed E-state index contributed by atoms with van der Waals surface area (Å²) in [5, 5.41) is 7.78. The van der Waals surface area contributed by atoms with Gasteiger partial charge in [-0.05, 0) is 37.5 Å². The van der Waals surface area contributed by atoms with Gasteiger partial charge in [-0.3, -0.25) is 4.68 Å².